The van der Waals surface area contributed by atoms with Gasteiger partial charge in [0.1, 0.15) is 5.82 Å². The van der Waals surface area contributed by atoms with E-state index < -0.39 is 0 Å². The van der Waals surface area contributed by atoms with Gasteiger partial charge < -0.3 is 11.1 Å². The Kier molecular flexibility index (Phi) is 4.20. The number of rotatable bonds is 4. The molecule has 0 radical (unpaired) electrons. The van der Waals surface area contributed by atoms with Crippen LogP contribution in [0, 0.1) is 5.82 Å². The molecular weight excluding hydrogens is 295 g/mol. The molecule has 0 aliphatic heterocycles. The number of hydrogen-bond donors (Lipinski definition) is 2. The highest BCUT2D eigenvalue weighted by atomic mass is 79.9. The smallest absolute Gasteiger partial charge is 0.123 e. The van der Waals surface area contributed by atoms with Crippen LogP contribution in [-0.2, 0) is 6.42 Å². The molecule has 0 heterocycles. The van der Waals surface area contributed by atoms with Gasteiger partial charge in [-0.15, -0.1) is 0 Å². The predicted molar refractivity (Wildman–Crippen MR) is 77.1 cm³/mol. The fourth-order valence-corrected chi connectivity index (χ4v) is 2.08. The minimum atomic E-state index is -0.200. The number of hydrogen-bond acceptors (Lipinski definition) is 2. The third-order valence-corrected chi connectivity index (χ3v) is 3.13. The first kappa shape index (κ1) is 12.9. The minimum absolute atomic E-state index is 0.200. The van der Waals surface area contributed by atoms with Crippen LogP contribution in [0.25, 0.3) is 0 Å². The lowest BCUT2D eigenvalue weighted by Crippen LogP contribution is -2.07. The molecule has 0 unspecified atom stereocenters. The van der Waals surface area contributed by atoms with Crippen molar-refractivity contribution in [2.45, 2.75) is 6.42 Å². The molecule has 0 amide bonds. The van der Waals surface area contributed by atoms with E-state index >= 15 is 0 Å². The van der Waals surface area contributed by atoms with Gasteiger partial charge in [-0.3, -0.25) is 0 Å². The molecular formula is C14H14BrFN2. The van der Waals surface area contributed by atoms with E-state index in [-0.39, 0.29) is 5.82 Å². The van der Waals surface area contributed by atoms with Gasteiger partial charge in [-0.25, -0.2) is 4.39 Å². The monoisotopic (exact) mass is 308 g/mol. The van der Waals surface area contributed by atoms with Gasteiger partial charge >= 0.3 is 0 Å². The number of benzene rings is 2. The normalized spacial score (nSPS) is 10.3. The van der Waals surface area contributed by atoms with Crippen LogP contribution >= 0.6 is 15.9 Å². The molecule has 2 rings (SSSR count). The molecule has 3 N–H and O–H groups in total. The van der Waals surface area contributed by atoms with E-state index in [0.29, 0.717) is 12.2 Å². The summed E-state index contributed by atoms with van der Waals surface area (Å²) in [5.74, 6) is -0.200. The average molecular weight is 309 g/mol. The molecule has 0 aromatic heterocycles. The summed E-state index contributed by atoms with van der Waals surface area (Å²) in [6.07, 6.45) is 0.754. The summed E-state index contributed by atoms with van der Waals surface area (Å²) in [7, 11) is 0. The first-order chi connectivity index (χ1) is 8.65. The van der Waals surface area contributed by atoms with Crippen molar-refractivity contribution < 1.29 is 4.39 Å². The SMILES string of the molecule is Nc1ccc(Br)cc1NCCc1cccc(F)c1. The Morgan fingerprint density at radius 3 is 2.78 bits per heavy atom. The molecule has 18 heavy (non-hydrogen) atoms. The summed E-state index contributed by atoms with van der Waals surface area (Å²) in [5.41, 5.74) is 8.41. The lowest BCUT2D eigenvalue weighted by molar-refractivity contribution is 0.625. The Hall–Kier alpha value is -1.55. The van der Waals surface area contributed by atoms with Gasteiger partial charge in [-0.05, 0) is 42.3 Å². The number of anilines is 2. The third-order valence-electron chi connectivity index (χ3n) is 2.63. The molecule has 0 fully saturated rings. The zero-order valence-electron chi connectivity index (χ0n) is 9.79. The first-order valence-electron chi connectivity index (χ1n) is 5.68. The van der Waals surface area contributed by atoms with Gasteiger partial charge in [0.25, 0.3) is 0 Å². The maximum atomic E-state index is 13.0. The molecule has 2 aromatic carbocycles. The van der Waals surface area contributed by atoms with Crippen molar-refractivity contribution in [2.75, 3.05) is 17.6 Å². The Morgan fingerprint density at radius 2 is 2.00 bits per heavy atom. The van der Waals surface area contributed by atoms with Crippen LogP contribution < -0.4 is 11.1 Å². The van der Waals surface area contributed by atoms with Crippen molar-refractivity contribution in [1.29, 1.82) is 0 Å². The van der Waals surface area contributed by atoms with Crippen molar-refractivity contribution >= 4 is 27.3 Å². The van der Waals surface area contributed by atoms with Crippen molar-refractivity contribution in [3.05, 3.63) is 58.3 Å². The Balaban J connectivity index is 1.94. The van der Waals surface area contributed by atoms with Gasteiger partial charge in [-0.1, -0.05) is 28.1 Å². The van der Waals surface area contributed by atoms with Crippen molar-refractivity contribution in [3.8, 4) is 0 Å². The summed E-state index contributed by atoms with van der Waals surface area (Å²) in [6, 6.07) is 12.3. The number of nitrogens with two attached hydrogens (primary N) is 1. The molecule has 0 atom stereocenters. The minimum Gasteiger partial charge on any atom is -0.397 e. The average Bonchev–Trinajstić information content (AvgIpc) is 2.34. The maximum Gasteiger partial charge on any atom is 0.123 e. The van der Waals surface area contributed by atoms with E-state index in [1.165, 1.54) is 6.07 Å². The number of nitrogens with one attached hydrogen (secondary N) is 1. The highest BCUT2D eigenvalue weighted by Gasteiger charge is 2.00. The van der Waals surface area contributed by atoms with E-state index in [2.05, 4.69) is 21.2 Å². The van der Waals surface area contributed by atoms with E-state index in [0.717, 1.165) is 22.1 Å². The zero-order chi connectivity index (χ0) is 13.0. The van der Waals surface area contributed by atoms with Crippen LogP contribution in [0.2, 0.25) is 0 Å². The molecule has 4 heteroatoms. The molecule has 2 nitrogen and oxygen atoms in total. The van der Waals surface area contributed by atoms with Crippen molar-refractivity contribution in [3.63, 3.8) is 0 Å². The second kappa shape index (κ2) is 5.87. The van der Waals surface area contributed by atoms with Gasteiger partial charge in [0.05, 0.1) is 11.4 Å². The molecule has 0 saturated carbocycles. The van der Waals surface area contributed by atoms with Gasteiger partial charge in [0, 0.05) is 11.0 Å². The van der Waals surface area contributed by atoms with E-state index in [4.69, 9.17) is 5.73 Å². The van der Waals surface area contributed by atoms with E-state index in [1.54, 1.807) is 12.1 Å². The number of nitrogen functional groups attached to an aromatic ring is 1. The van der Waals surface area contributed by atoms with Crippen LogP contribution in [0.4, 0.5) is 15.8 Å². The first-order valence-corrected chi connectivity index (χ1v) is 6.48. The predicted octanol–water partition coefficient (Wildman–Crippen LogP) is 3.83. The van der Waals surface area contributed by atoms with Crippen LogP contribution in [0.1, 0.15) is 5.56 Å². The van der Waals surface area contributed by atoms with Crippen LogP contribution in [0.15, 0.2) is 46.9 Å². The van der Waals surface area contributed by atoms with E-state index in [9.17, 15) is 4.39 Å². The Labute approximate surface area is 114 Å². The molecule has 0 bridgehead atoms. The van der Waals surface area contributed by atoms with Crippen LogP contribution in [0.3, 0.4) is 0 Å². The van der Waals surface area contributed by atoms with Gasteiger partial charge in [-0.2, -0.15) is 0 Å². The Bertz CT molecular complexity index is 543. The van der Waals surface area contributed by atoms with Crippen LogP contribution in [-0.4, -0.2) is 6.54 Å². The lowest BCUT2D eigenvalue weighted by Gasteiger charge is -2.09. The second-order valence-electron chi connectivity index (χ2n) is 4.04. The molecule has 94 valence electrons. The maximum absolute atomic E-state index is 13.0. The van der Waals surface area contributed by atoms with Crippen molar-refractivity contribution in [1.82, 2.24) is 0 Å². The summed E-state index contributed by atoms with van der Waals surface area (Å²) < 4.78 is 14.0. The lowest BCUT2D eigenvalue weighted by atomic mass is 10.1. The summed E-state index contributed by atoms with van der Waals surface area (Å²) in [4.78, 5) is 0. The summed E-state index contributed by atoms with van der Waals surface area (Å²) >= 11 is 3.40. The fourth-order valence-electron chi connectivity index (χ4n) is 1.72. The van der Waals surface area contributed by atoms with E-state index in [1.807, 2.05) is 24.3 Å². The molecule has 0 aliphatic carbocycles. The van der Waals surface area contributed by atoms with Gasteiger partial charge in [0.2, 0.25) is 0 Å². The third kappa shape index (κ3) is 3.47. The summed E-state index contributed by atoms with van der Waals surface area (Å²) in [5, 5.41) is 3.24. The molecule has 0 spiro atoms. The topological polar surface area (TPSA) is 38.0 Å². The van der Waals surface area contributed by atoms with Gasteiger partial charge in [0.15, 0.2) is 0 Å². The fraction of sp³-hybridized carbons (Fsp3) is 0.143. The van der Waals surface area contributed by atoms with Crippen molar-refractivity contribution in [2.24, 2.45) is 0 Å². The Morgan fingerprint density at radius 1 is 1.17 bits per heavy atom. The zero-order valence-corrected chi connectivity index (χ0v) is 11.4. The standard InChI is InChI=1S/C14H14BrFN2/c15-11-4-5-13(17)14(9-11)18-7-6-10-2-1-3-12(16)8-10/h1-5,8-9,18H,6-7,17H2. The molecule has 2 aromatic rings. The highest BCUT2D eigenvalue weighted by Crippen LogP contribution is 2.23. The second-order valence-corrected chi connectivity index (χ2v) is 4.95. The molecule has 0 aliphatic rings. The largest absolute Gasteiger partial charge is 0.397 e. The number of halogens is 2. The summed E-state index contributed by atoms with van der Waals surface area (Å²) in [6.45, 7) is 0.712. The highest BCUT2D eigenvalue weighted by molar-refractivity contribution is 9.10. The quantitative estimate of drug-likeness (QED) is 0.843. The van der Waals surface area contributed by atoms with Crippen LogP contribution in [0.5, 0.6) is 0 Å². The molecule has 0 saturated heterocycles.